The third kappa shape index (κ3) is 2.89. The first kappa shape index (κ1) is 14.1. The highest BCUT2D eigenvalue weighted by Gasteiger charge is 2.21. The van der Waals surface area contributed by atoms with Crippen LogP contribution < -0.4 is 10.6 Å². The average Bonchev–Trinajstić information content (AvgIpc) is 3.11. The molecule has 1 atom stereocenters. The maximum absolute atomic E-state index is 12.2. The molecule has 2 amide bonds. The topological polar surface area (TPSA) is 84.7 Å². The van der Waals surface area contributed by atoms with Crippen LogP contribution >= 0.6 is 11.3 Å². The van der Waals surface area contributed by atoms with Gasteiger partial charge in [-0.15, -0.1) is 11.3 Å². The Morgan fingerprint density at radius 2 is 2.35 bits per heavy atom. The molecule has 118 valence electrons. The lowest BCUT2D eigenvalue weighted by Gasteiger charge is -2.23. The third-order valence-electron chi connectivity index (χ3n) is 3.89. The summed E-state index contributed by atoms with van der Waals surface area (Å²) in [4.78, 5) is 20.8. The summed E-state index contributed by atoms with van der Waals surface area (Å²) in [5.41, 5.74) is 1.74. The van der Waals surface area contributed by atoms with Crippen LogP contribution in [0.3, 0.4) is 0 Å². The first-order valence-corrected chi connectivity index (χ1v) is 8.30. The molecule has 8 heteroatoms. The Balaban J connectivity index is 1.41. The Hall–Kier alpha value is -2.48. The highest BCUT2D eigenvalue weighted by atomic mass is 32.1. The number of hydrogen-bond donors (Lipinski definition) is 2. The van der Waals surface area contributed by atoms with Crippen LogP contribution in [0.2, 0.25) is 0 Å². The van der Waals surface area contributed by atoms with Crippen molar-refractivity contribution in [1.82, 2.24) is 25.1 Å². The van der Waals surface area contributed by atoms with Crippen molar-refractivity contribution in [3.63, 3.8) is 0 Å². The minimum atomic E-state index is -0.195. The summed E-state index contributed by atoms with van der Waals surface area (Å²) in [5, 5.41) is 11.1. The molecule has 0 saturated heterocycles. The summed E-state index contributed by atoms with van der Waals surface area (Å²) in [6.45, 7) is 2.64. The molecule has 0 radical (unpaired) electrons. The molecule has 4 rings (SSSR count). The van der Waals surface area contributed by atoms with E-state index >= 15 is 0 Å². The Morgan fingerprint density at radius 1 is 1.43 bits per heavy atom. The number of carbonyl (C=O) groups is 1. The molecule has 1 aromatic carbocycles. The maximum atomic E-state index is 12.2. The predicted octanol–water partition coefficient (Wildman–Crippen LogP) is 2.33. The van der Waals surface area contributed by atoms with Crippen molar-refractivity contribution in [3.8, 4) is 0 Å². The fourth-order valence-corrected chi connectivity index (χ4v) is 3.69. The Morgan fingerprint density at radius 3 is 3.26 bits per heavy atom. The lowest BCUT2D eigenvalue weighted by molar-refractivity contribution is 0.243. The van der Waals surface area contributed by atoms with Gasteiger partial charge in [0.1, 0.15) is 12.2 Å². The van der Waals surface area contributed by atoms with Crippen molar-refractivity contribution in [2.75, 3.05) is 5.32 Å². The van der Waals surface area contributed by atoms with Crippen LogP contribution in [0.25, 0.3) is 10.2 Å². The lowest BCUT2D eigenvalue weighted by atomic mass is 10.1. The third-order valence-corrected chi connectivity index (χ3v) is 4.83. The first-order valence-electron chi connectivity index (χ1n) is 7.49. The van der Waals surface area contributed by atoms with Crippen molar-refractivity contribution >= 4 is 33.3 Å². The van der Waals surface area contributed by atoms with E-state index in [9.17, 15) is 4.79 Å². The summed E-state index contributed by atoms with van der Waals surface area (Å²) in [5.74, 6) is 0.981. The standard InChI is InChI=1S/C15H16N6OS/c1-9-18-12-4-2-10(6-13(12)23-9)19-15(22)20-11-3-5-14-16-8-17-21(14)7-11/h2,4,6,8,11H,3,5,7H2,1H3,(H2,19,20,22). The zero-order valence-electron chi connectivity index (χ0n) is 12.6. The van der Waals surface area contributed by atoms with Crippen LogP contribution in [0, 0.1) is 6.92 Å². The number of aryl methyl sites for hydroxylation is 2. The van der Waals surface area contributed by atoms with Gasteiger partial charge in [-0.3, -0.25) is 0 Å². The van der Waals surface area contributed by atoms with Gasteiger partial charge in [-0.05, 0) is 31.5 Å². The molecule has 0 saturated carbocycles. The molecule has 0 spiro atoms. The van der Waals surface area contributed by atoms with Gasteiger partial charge in [-0.25, -0.2) is 19.4 Å². The quantitative estimate of drug-likeness (QED) is 0.756. The van der Waals surface area contributed by atoms with Crippen LogP contribution in [0.5, 0.6) is 0 Å². The van der Waals surface area contributed by atoms with Crippen LogP contribution in [-0.4, -0.2) is 31.8 Å². The Kier molecular flexibility index (Phi) is 3.45. The number of hydrogen-bond acceptors (Lipinski definition) is 5. The average molecular weight is 328 g/mol. The van der Waals surface area contributed by atoms with Gasteiger partial charge in [0.05, 0.1) is 27.8 Å². The number of urea groups is 1. The summed E-state index contributed by atoms with van der Waals surface area (Å²) in [6.07, 6.45) is 3.26. The van der Waals surface area contributed by atoms with E-state index in [1.807, 2.05) is 29.8 Å². The number of carbonyl (C=O) groups excluding carboxylic acids is 1. The Labute approximate surface area is 136 Å². The molecular weight excluding hydrogens is 312 g/mol. The fraction of sp³-hybridized carbons (Fsp3) is 0.333. The van der Waals surface area contributed by atoms with Crippen molar-refractivity contribution in [2.45, 2.75) is 32.4 Å². The van der Waals surface area contributed by atoms with E-state index in [0.29, 0.717) is 6.54 Å². The van der Waals surface area contributed by atoms with Crippen LogP contribution in [-0.2, 0) is 13.0 Å². The minimum absolute atomic E-state index is 0.0681. The number of nitrogens with one attached hydrogen (secondary N) is 2. The molecule has 1 aliphatic heterocycles. The van der Waals surface area contributed by atoms with Gasteiger partial charge < -0.3 is 10.6 Å². The van der Waals surface area contributed by atoms with E-state index in [0.717, 1.165) is 39.6 Å². The second-order valence-electron chi connectivity index (χ2n) is 5.61. The molecule has 7 nitrogen and oxygen atoms in total. The van der Waals surface area contributed by atoms with Gasteiger partial charge in [0.2, 0.25) is 0 Å². The van der Waals surface area contributed by atoms with E-state index < -0.39 is 0 Å². The van der Waals surface area contributed by atoms with Gasteiger partial charge >= 0.3 is 6.03 Å². The SMILES string of the molecule is Cc1nc2ccc(NC(=O)NC3CCc4ncnn4C3)cc2s1. The number of nitrogens with zero attached hydrogens (tertiary/aromatic N) is 4. The van der Waals surface area contributed by atoms with Crippen molar-refractivity contribution in [3.05, 3.63) is 35.4 Å². The normalized spacial score (nSPS) is 17.0. The number of aromatic nitrogens is 4. The van der Waals surface area contributed by atoms with Crippen molar-refractivity contribution < 1.29 is 4.79 Å². The second kappa shape index (κ2) is 5.62. The van der Waals surface area contributed by atoms with E-state index in [-0.39, 0.29) is 12.1 Å². The zero-order chi connectivity index (χ0) is 15.8. The Bertz CT molecular complexity index is 870. The van der Waals surface area contributed by atoms with Gasteiger partial charge in [-0.2, -0.15) is 5.10 Å². The molecule has 1 unspecified atom stereocenters. The molecule has 2 N–H and O–H groups in total. The number of fused-ring (bicyclic) bond motifs is 2. The fourth-order valence-electron chi connectivity index (χ4n) is 2.83. The molecule has 3 aromatic rings. The summed E-state index contributed by atoms with van der Waals surface area (Å²) < 4.78 is 2.92. The van der Waals surface area contributed by atoms with E-state index in [2.05, 4.69) is 25.7 Å². The highest BCUT2D eigenvalue weighted by Crippen LogP contribution is 2.24. The zero-order valence-corrected chi connectivity index (χ0v) is 13.4. The lowest BCUT2D eigenvalue weighted by Crippen LogP contribution is -2.43. The van der Waals surface area contributed by atoms with Crippen molar-refractivity contribution in [1.29, 1.82) is 0 Å². The summed E-state index contributed by atoms with van der Waals surface area (Å²) in [7, 11) is 0. The van der Waals surface area contributed by atoms with Crippen LogP contribution in [0.1, 0.15) is 17.3 Å². The first-order chi connectivity index (χ1) is 11.2. The summed E-state index contributed by atoms with van der Waals surface area (Å²) in [6, 6.07) is 5.63. The number of anilines is 1. The molecule has 23 heavy (non-hydrogen) atoms. The minimum Gasteiger partial charge on any atom is -0.333 e. The van der Waals surface area contributed by atoms with Gasteiger partial charge in [0.25, 0.3) is 0 Å². The van der Waals surface area contributed by atoms with E-state index in [1.165, 1.54) is 0 Å². The molecule has 0 aliphatic carbocycles. The van der Waals surface area contributed by atoms with Crippen molar-refractivity contribution in [2.24, 2.45) is 0 Å². The van der Waals surface area contributed by atoms with Gasteiger partial charge in [0.15, 0.2) is 0 Å². The number of thiazole rings is 1. The second-order valence-corrected chi connectivity index (χ2v) is 6.84. The highest BCUT2D eigenvalue weighted by molar-refractivity contribution is 7.18. The molecule has 1 aliphatic rings. The largest absolute Gasteiger partial charge is 0.333 e. The van der Waals surface area contributed by atoms with E-state index in [1.54, 1.807) is 17.7 Å². The number of amides is 2. The van der Waals surface area contributed by atoms with Crippen LogP contribution in [0.4, 0.5) is 10.5 Å². The monoisotopic (exact) mass is 328 g/mol. The van der Waals surface area contributed by atoms with Gasteiger partial charge in [-0.1, -0.05) is 0 Å². The molecular formula is C15H16N6OS. The number of rotatable bonds is 2. The van der Waals surface area contributed by atoms with Gasteiger partial charge in [0, 0.05) is 12.1 Å². The summed E-state index contributed by atoms with van der Waals surface area (Å²) >= 11 is 1.62. The van der Waals surface area contributed by atoms with E-state index in [4.69, 9.17) is 0 Å². The predicted molar refractivity (Wildman–Crippen MR) is 88.6 cm³/mol. The smallest absolute Gasteiger partial charge is 0.319 e. The molecule has 0 bridgehead atoms. The molecule has 2 aromatic heterocycles. The molecule has 0 fully saturated rings. The molecule has 3 heterocycles. The maximum Gasteiger partial charge on any atom is 0.319 e. The van der Waals surface area contributed by atoms with Crippen LogP contribution in [0.15, 0.2) is 24.5 Å². The number of benzene rings is 1.